The van der Waals surface area contributed by atoms with Crippen molar-refractivity contribution in [1.29, 1.82) is 0 Å². The van der Waals surface area contributed by atoms with Crippen LogP contribution >= 0.6 is 12.6 Å². The summed E-state index contributed by atoms with van der Waals surface area (Å²) in [6.07, 6.45) is 0.435. The van der Waals surface area contributed by atoms with E-state index in [0.29, 0.717) is 12.0 Å². The molecule has 0 saturated carbocycles. The van der Waals surface area contributed by atoms with E-state index in [-0.39, 0.29) is 19.0 Å². The van der Waals surface area contributed by atoms with Crippen molar-refractivity contribution in [2.24, 2.45) is 5.73 Å². The summed E-state index contributed by atoms with van der Waals surface area (Å²) in [5.74, 6) is -0.705. The van der Waals surface area contributed by atoms with Crippen LogP contribution < -0.4 is 5.73 Å². The number of esters is 2. The van der Waals surface area contributed by atoms with Crippen LogP contribution in [0.15, 0.2) is 12.2 Å². The zero-order valence-electron chi connectivity index (χ0n) is 9.27. The molecule has 0 saturated heterocycles. The van der Waals surface area contributed by atoms with Crippen LogP contribution in [-0.4, -0.2) is 36.9 Å². The average molecular weight is 247 g/mol. The molecule has 0 aromatic rings. The van der Waals surface area contributed by atoms with Gasteiger partial charge in [0.1, 0.15) is 6.04 Å². The van der Waals surface area contributed by atoms with Crippen LogP contribution in [-0.2, 0) is 19.1 Å². The molecule has 0 aliphatic rings. The maximum atomic E-state index is 11.1. The lowest BCUT2D eigenvalue weighted by Gasteiger charge is -2.09. The number of thiol groups is 1. The van der Waals surface area contributed by atoms with E-state index < -0.39 is 18.0 Å². The highest BCUT2D eigenvalue weighted by Gasteiger charge is 2.12. The standard InChI is InChI=1S/C10H17NO4S/c1-7(2)9(12)14-4-3-5-15-10(13)8(11)6-16/h8,16H,1,3-6,11H2,2H3/t8-/m0/s1. The van der Waals surface area contributed by atoms with Crippen molar-refractivity contribution in [3.05, 3.63) is 12.2 Å². The largest absolute Gasteiger partial charge is 0.464 e. The molecule has 0 heterocycles. The van der Waals surface area contributed by atoms with E-state index in [4.69, 9.17) is 15.2 Å². The topological polar surface area (TPSA) is 78.6 Å². The third-order valence-electron chi connectivity index (χ3n) is 1.61. The van der Waals surface area contributed by atoms with Gasteiger partial charge in [-0.15, -0.1) is 0 Å². The van der Waals surface area contributed by atoms with Gasteiger partial charge in [0.15, 0.2) is 0 Å². The Morgan fingerprint density at radius 2 is 1.94 bits per heavy atom. The summed E-state index contributed by atoms with van der Waals surface area (Å²) in [4.78, 5) is 22.0. The van der Waals surface area contributed by atoms with Crippen molar-refractivity contribution in [3.8, 4) is 0 Å². The van der Waals surface area contributed by atoms with Gasteiger partial charge in [-0.25, -0.2) is 4.79 Å². The highest BCUT2D eigenvalue weighted by Crippen LogP contribution is 1.95. The second-order valence-corrected chi connectivity index (χ2v) is 3.59. The van der Waals surface area contributed by atoms with Crippen LogP contribution in [0.4, 0.5) is 0 Å². The quantitative estimate of drug-likeness (QED) is 0.293. The molecule has 0 bridgehead atoms. The first kappa shape index (κ1) is 15.0. The normalized spacial score (nSPS) is 11.7. The summed E-state index contributed by atoms with van der Waals surface area (Å²) in [6, 6.07) is -0.707. The number of carbonyl (C=O) groups excluding carboxylic acids is 2. The van der Waals surface area contributed by atoms with Gasteiger partial charge in [0, 0.05) is 17.7 Å². The van der Waals surface area contributed by atoms with Gasteiger partial charge in [-0.3, -0.25) is 4.79 Å². The van der Waals surface area contributed by atoms with Crippen LogP contribution in [0.1, 0.15) is 13.3 Å². The number of nitrogens with two attached hydrogens (primary N) is 1. The van der Waals surface area contributed by atoms with Crippen molar-refractivity contribution < 1.29 is 19.1 Å². The molecule has 0 aliphatic heterocycles. The van der Waals surface area contributed by atoms with Crippen molar-refractivity contribution in [2.75, 3.05) is 19.0 Å². The Bertz CT molecular complexity index is 268. The number of ether oxygens (including phenoxy) is 2. The van der Waals surface area contributed by atoms with Gasteiger partial charge in [0.25, 0.3) is 0 Å². The summed E-state index contributed by atoms with van der Waals surface area (Å²) in [5, 5.41) is 0. The van der Waals surface area contributed by atoms with E-state index in [1.165, 1.54) is 0 Å². The molecule has 2 N–H and O–H groups in total. The smallest absolute Gasteiger partial charge is 0.333 e. The highest BCUT2D eigenvalue weighted by atomic mass is 32.1. The fourth-order valence-electron chi connectivity index (χ4n) is 0.701. The Kier molecular flexibility index (Phi) is 7.66. The van der Waals surface area contributed by atoms with Crippen LogP contribution in [0.2, 0.25) is 0 Å². The van der Waals surface area contributed by atoms with Crippen molar-refractivity contribution in [1.82, 2.24) is 0 Å². The van der Waals surface area contributed by atoms with Gasteiger partial charge in [-0.2, -0.15) is 12.6 Å². The molecule has 0 spiro atoms. The number of hydrogen-bond acceptors (Lipinski definition) is 6. The zero-order chi connectivity index (χ0) is 12.6. The molecule has 16 heavy (non-hydrogen) atoms. The van der Waals surface area contributed by atoms with Crippen LogP contribution in [0.5, 0.6) is 0 Å². The Morgan fingerprint density at radius 3 is 2.44 bits per heavy atom. The maximum absolute atomic E-state index is 11.1. The van der Waals surface area contributed by atoms with Gasteiger partial charge in [0.2, 0.25) is 0 Å². The predicted octanol–water partition coefficient (Wildman–Crippen LogP) is 0.296. The minimum Gasteiger partial charge on any atom is -0.464 e. The fourth-order valence-corrected chi connectivity index (χ4v) is 0.850. The first-order valence-electron chi connectivity index (χ1n) is 4.84. The Morgan fingerprint density at radius 1 is 1.38 bits per heavy atom. The molecule has 0 fully saturated rings. The SMILES string of the molecule is C=C(C)C(=O)OCCCOC(=O)[C@@H](N)CS. The van der Waals surface area contributed by atoms with Gasteiger partial charge in [0.05, 0.1) is 13.2 Å². The van der Waals surface area contributed by atoms with Crippen molar-refractivity contribution >= 4 is 24.6 Å². The Hall–Kier alpha value is -1.01. The summed E-state index contributed by atoms with van der Waals surface area (Å²) in [6.45, 7) is 5.36. The maximum Gasteiger partial charge on any atom is 0.333 e. The average Bonchev–Trinajstić information content (AvgIpc) is 2.26. The molecule has 6 heteroatoms. The van der Waals surface area contributed by atoms with Crippen molar-refractivity contribution in [3.63, 3.8) is 0 Å². The molecule has 92 valence electrons. The van der Waals surface area contributed by atoms with Gasteiger partial charge < -0.3 is 15.2 Å². The number of rotatable bonds is 7. The second kappa shape index (κ2) is 8.18. The molecule has 1 atom stereocenters. The van der Waals surface area contributed by atoms with Gasteiger partial charge in [-0.1, -0.05) is 6.58 Å². The second-order valence-electron chi connectivity index (χ2n) is 3.23. The van der Waals surface area contributed by atoms with Gasteiger partial charge >= 0.3 is 11.9 Å². The number of hydrogen-bond donors (Lipinski definition) is 2. The molecule has 0 aromatic carbocycles. The van der Waals surface area contributed by atoms with E-state index in [9.17, 15) is 9.59 Å². The Balaban J connectivity index is 3.51. The van der Waals surface area contributed by atoms with E-state index in [1.54, 1.807) is 6.92 Å². The van der Waals surface area contributed by atoms with Crippen molar-refractivity contribution in [2.45, 2.75) is 19.4 Å². The molecule has 0 unspecified atom stereocenters. The fraction of sp³-hybridized carbons (Fsp3) is 0.600. The molecule has 0 aromatic heterocycles. The summed E-state index contributed by atoms with van der Waals surface area (Å²) in [7, 11) is 0. The summed E-state index contributed by atoms with van der Waals surface area (Å²) in [5.41, 5.74) is 5.71. The number of carbonyl (C=O) groups is 2. The molecule has 5 nitrogen and oxygen atoms in total. The van der Waals surface area contributed by atoms with Gasteiger partial charge in [-0.05, 0) is 6.92 Å². The lowest BCUT2D eigenvalue weighted by molar-refractivity contribution is -0.145. The molecule has 0 amide bonds. The highest BCUT2D eigenvalue weighted by molar-refractivity contribution is 7.80. The lowest BCUT2D eigenvalue weighted by Crippen LogP contribution is -2.34. The molecule has 0 aliphatic carbocycles. The van der Waals surface area contributed by atoms with E-state index in [1.807, 2.05) is 0 Å². The van der Waals surface area contributed by atoms with E-state index in [0.717, 1.165) is 0 Å². The summed E-state index contributed by atoms with van der Waals surface area (Å²) >= 11 is 3.86. The third kappa shape index (κ3) is 6.47. The Labute approximate surface area is 100 Å². The minimum absolute atomic E-state index is 0.170. The first-order valence-corrected chi connectivity index (χ1v) is 5.48. The van der Waals surface area contributed by atoms with E-state index >= 15 is 0 Å². The zero-order valence-corrected chi connectivity index (χ0v) is 10.2. The molecule has 0 rings (SSSR count). The molecular weight excluding hydrogens is 230 g/mol. The third-order valence-corrected chi connectivity index (χ3v) is 2.01. The monoisotopic (exact) mass is 247 g/mol. The minimum atomic E-state index is -0.707. The van der Waals surface area contributed by atoms with Crippen LogP contribution in [0.25, 0.3) is 0 Å². The lowest BCUT2D eigenvalue weighted by atomic mass is 10.3. The predicted molar refractivity (Wildman–Crippen MR) is 63.2 cm³/mol. The van der Waals surface area contributed by atoms with Crippen LogP contribution in [0, 0.1) is 0 Å². The van der Waals surface area contributed by atoms with E-state index in [2.05, 4.69) is 19.2 Å². The first-order chi connectivity index (χ1) is 7.49. The molecular formula is C10H17NO4S. The van der Waals surface area contributed by atoms with Crippen LogP contribution in [0.3, 0.4) is 0 Å². The summed E-state index contributed by atoms with van der Waals surface area (Å²) < 4.78 is 9.61. The molecule has 0 radical (unpaired) electrons.